The Morgan fingerprint density at radius 2 is 2.07 bits per heavy atom. The fourth-order valence-electron chi connectivity index (χ4n) is 3.18. The quantitative estimate of drug-likeness (QED) is 0.511. The van der Waals surface area contributed by atoms with Gasteiger partial charge in [-0.2, -0.15) is 0 Å². The summed E-state index contributed by atoms with van der Waals surface area (Å²) in [7, 11) is 0. The van der Waals surface area contributed by atoms with Gasteiger partial charge in [0.05, 0.1) is 18.1 Å². The number of carbonyl (C=O) groups is 1. The summed E-state index contributed by atoms with van der Waals surface area (Å²) in [6.45, 7) is 4.12. The van der Waals surface area contributed by atoms with Crippen molar-refractivity contribution < 1.29 is 9.21 Å². The highest BCUT2D eigenvalue weighted by molar-refractivity contribution is 5.97. The summed E-state index contributed by atoms with van der Waals surface area (Å²) in [6, 6.07) is 12.1. The summed E-state index contributed by atoms with van der Waals surface area (Å²) < 4.78 is 9.52. The van der Waals surface area contributed by atoms with Crippen LogP contribution in [0.15, 0.2) is 65.8 Å². The third-order valence-electron chi connectivity index (χ3n) is 4.65. The monoisotopic (exact) mass is 362 g/mol. The van der Waals surface area contributed by atoms with Gasteiger partial charge in [-0.15, -0.1) is 0 Å². The van der Waals surface area contributed by atoms with Crippen molar-refractivity contribution in [1.82, 2.24) is 19.4 Å². The molecule has 0 radical (unpaired) electrons. The van der Waals surface area contributed by atoms with Crippen LogP contribution < -0.4 is 5.32 Å². The molecule has 0 spiro atoms. The van der Waals surface area contributed by atoms with Crippen LogP contribution in [-0.4, -0.2) is 26.6 Å². The van der Waals surface area contributed by atoms with E-state index in [-0.39, 0.29) is 5.91 Å². The second kappa shape index (κ2) is 7.53. The average Bonchev–Trinajstić information content (AvgIpc) is 3.39. The first-order valence-corrected chi connectivity index (χ1v) is 9.07. The predicted molar refractivity (Wildman–Crippen MR) is 104 cm³/mol. The van der Waals surface area contributed by atoms with Gasteiger partial charge in [-0.25, -0.2) is 4.98 Å². The van der Waals surface area contributed by atoms with Crippen LogP contribution in [0.2, 0.25) is 0 Å². The van der Waals surface area contributed by atoms with Crippen LogP contribution in [0.4, 0.5) is 0 Å². The van der Waals surface area contributed by atoms with E-state index in [9.17, 15) is 4.79 Å². The van der Waals surface area contributed by atoms with Crippen LogP contribution in [-0.2, 0) is 13.1 Å². The molecular formula is C21H22N4O2. The molecule has 1 N–H and O–H groups in total. The molecule has 0 bridgehead atoms. The SMILES string of the molecule is Cc1ccc(Cn2c(C(=O)NCCCn3ccnc3)cc3occc32)cc1. The van der Waals surface area contributed by atoms with Crippen molar-refractivity contribution in [3.05, 3.63) is 78.2 Å². The van der Waals surface area contributed by atoms with Crippen molar-refractivity contribution in [2.24, 2.45) is 0 Å². The van der Waals surface area contributed by atoms with E-state index in [4.69, 9.17) is 4.42 Å². The predicted octanol–water partition coefficient (Wildman–Crippen LogP) is 3.61. The Labute approximate surface area is 157 Å². The van der Waals surface area contributed by atoms with Crippen LogP contribution in [0.25, 0.3) is 11.1 Å². The molecular weight excluding hydrogens is 340 g/mol. The molecule has 0 unspecified atom stereocenters. The normalized spacial score (nSPS) is 11.1. The number of aryl methyl sites for hydroxylation is 2. The largest absolute Gasteiger partial charge is 0.463 e. The van der Waals surface area contributed by atoms with Gasteiger partial charge in [0.15, 0.2) is 5.58 Å². The maximum Gasteiger partial charge on any atom is 0.268 e. The number of benzene rings is 1. The van der Waals surface area contributed by atoms with Crippen LogP contribution in [0.5, 0.6) is 0 Å². The molecule has 0 aliphatic rings. The van der Waals surface area contributed by atoms with Crippen LogP contribution in [0, 0.1) is 6.92 Å². The van der Waals surface area contributed by atoms with Crippen molar-refractivity contribution in [2.75, 3.05) is 6.54 Å². The number of hydrogen-bond donors (Lipinski definition) is 1. The third-order valence-corrected chi connectivity index (χ3v) is 4.65. The van der Waals surface area contributed by atoms with E-state index >= 15 is 0 Å². The number of nitrogens with zero attached hydrogens (tertiary/aromatic N) is 3. The lowest BCUT2D eigenvalue weighted by molar-refractivity contribution is 0.0944. The van der Waals surface area contributed by atoms with Gasteiger partial charge in [0.2, 0.25) is 0 Å². The standard InChI is InChI=1S/C21H22N4O2/c1-16-3-5-17(6-4-16)14-25-18-7-12-27-20(18)13-19(25)21(26)23-8-2-10-24-11-9-22-15-24/h3-7,9,11-13,15H,2,8,10,14H2,1H3,(H,23,26). The summed E-state index contributed by atoms with van der Waals surface area (Å²) in [5, 5.41) is 3.01. The highest BCUT2D eigenvalue weighted by Gasteiger charge is 2.17. The van der Waals surface area contributed by atoms with Crippen molar-refractivity contribution in [1.29, 1.82) is 0 Å². The smallest absolute Gasteiger partial charge is 0.268 e. The number of imidazole rings is 1. The summed E-state index contributed by atoms with van der Waals surface area (Å²) in [4.78, 5) is 16.8. The molecule has 0 saturated heterocycles. The van der Waals surface area contributed by atoms with Gasteiger partial charge in [-0.1, -0.05) is 29.8 Å². The number of rotatable bonds is 7. The lowest BCUT2D eigenvalue weighted by Crippen LogP contribution is -2.27. The van der Waals surface area contributed by atoms with Crippen LogP contribution in [0.3, 0.4) is 0 Å². The molecule has 3 aromatic heterocycles. The lowest BCUT2D eigenvalue weighted by atomic mass is 10.1. The van der Waals surface area contributed by atoms with Crippen molar-refractivity contribution >= 4 is 17.0 Å². The molecule has 0 atom stereocenters. The molecule has 0 aliphatic heterocycles. The molecule has 1 amide bonds. The summed E-state index contributed by atoms with van der Waals surface area (Å²) in [6.07, 6.45) is 7.96. The van der Waals surface area contributed by atoms with Gasteiger partial charge in [0, 0.05) is 44.2 Å². The molecule has 27 heavy (non-hydrogen) atoms. The fourth-order valence-corrected chi connectivity index (χ4v) is 3.18. The molecule has 6 nitrogen and oxygen atoms in total. The van der Waals surface area contributed by atoms with Gasteiger partial charge in [0.1, 0.15) is 5.69 Å². The van der Waals surface area contributed by atoms with Crippen molar-refractivity contribution in [3.8, 4) is 0 Å². The maximum atomic E-state index is 12.7. The number of nitrogens with one attached hydrogen (secondary N) is 1. The minimum atomic E-state index is -0.0841. The second-order valence-corrected chi connectivity index (χ2v) is 6.68. The molecule has 0 aliphatic carbocycles. The molecule has 0 fully saturated rings. The molecule has 1 aromatic carbocycles. The van der Waals surface area contributed by atoms with Gasteiger partial charge >= 0.3 is 0 Å². The zero-order chi connectivity index (χ0) is 18.6. The second-order valence-electron chi connectivity index (χ2n) is 6.68. The lowest BCUT2D eigenvalue weighted by Gasteiger charge is -2.11. The van der Waals surface area contributed by atoms with Crippen molar-refractivity contribution in [3.63, 3.8) is 0 Å². The minimum Gasteiger partial charge on any atom is -0.463 e. The molecule has 0 saturated carbocycles. The molecule has 3 heterocycles. The van der Waals surface area contributed by atoms with E-state index < -0.39 is 0 Å². The minimum absolute atomic E-state index is 0.0841. The van der Waals surface area contributed by atoms with Gasteiger partial charge in [-0.3, -0.25) is 4.79 Å². The zero-order valence-corrected chi connectivity index (χ0v) is 15.3. The molecule has 4 aromatic rings. The maximum absolute atomic E-state index is 12.7. The number of aromatic nitrogens is 3. The summed E-state index contributed by atoms with van der Waals surface area (Å²) >= 11 is 0. The zero-order valence-electron chi connectivity index (χ0n) is 15.3. The summed E-state index contributed by atoms with van der Waals surface area (Å²) in [5.74, 6) is -0.0841. The third kappa shape index (κ3) is 3.79. The number of amides is 1. The molecule has 6 heteroatoms. The Kier molecular flexibility index (Phi) is 4.78. The van der Waals surface area contributed by atoms with Crippen LogP contribution in [0.1, 0.15) is 28.0 Å². The van der Waals surface area contributed by atoms with E-state index in [2.05, 4.69) is 41.5 Å². The Hall–Kier alpha value is -3.28. The summed E-state index contributed by atoms with van der Waals surface area (Å²) in [5.41, 5.74) is 4.64. The van der Waals surface area contributed by atoms with Crippen LogP contribution >= 0.6 is 0 Å². The Morgan fingerprint density at radius 1 is 1.22 bits per heavy atom. The van der Waals surface area contributed by atoms with Crippen molar-refractivity contribution in [2.45, 2.75) is 26.4 Å². The highest BCUT2D eigenvalue weighted by atomic mass is 16.3. The van der Waals surface area contributed by atoms with Gasteiger partial charge < -0.3 is 18.9 Å². The van der Waals surface area contributed by atoms with E-state index in [1.807, 2.05) is 27.5 Å². The average molecular weight is 362 g/mol. The first-order chi connectivity index (χ1) is 13.2. The highest BCUT2D eigenvalue weighted by Crippen LogP contribution is 2.22. The number of furan rings is 1. The molecule has 4 rings (SSSR count). The Balaban J connectivity index is 1.47. The molecule has 138 valence electrons. The first-order valence-electron chi connectivity index (χ1n) is 9.07. The number of carbonyl (C=O) groups excluding carboxylic acids is 1. The number of hydrogen-bond acceptors (Lipinski definition) is 3. The topological polar surface area (TPSA) is 65.0 Å². The van der Waals surface area contributed by atoms with E-state index in [0.717, 1.165) is 29.6 Å². The van der Waals surface area contributed by atoms with Gasteiger partial charge in [-0.05, 0) is 18.9 Å². The number of fused-ring (bicyclic) bond motifs is 1. The first kappa shape index (κ1) is 17.1. The van der Waals surface area contributed by atoms with E-state index in [1.54, 1.807) is 18.8 Å². The Bertz CT molecular complexity index is 1030. The van der Waals surface area contributed by atoms with E-state index in [1.165, 1.54) is 5.56 Å². The fraction of sp³-hybridized carbons (Fsp3) is 0.238. The van der Waals surface area contributed by atoms with E-state index in [0.29, 0.717) is 18.8 Å². The Morgan fingerprint density at radius 3 is 2.85 bits per heavy atom. The van der Waals surface area contributed by atoms with Gasteiger partial charge in [0.25, 0.3) is 5.91 Å².